The highest BCUT2D eigenvalue weighted by atomic mass is 35.5. The van der Waals surface area contributed by atoms with E-state index in [-0.39, 0.29) is 17.9 Å². The summed E-state index contributed by atoms with van der Waals surface area (Å²) in [6.45, 7) is 2.08. The summed E-state index contributed by atoms with van der Waals surface area (Å²) in [5, 5.41) is 3.32. The Kier molecular flexibility index (Phi) is 5.11. The zero-order valence-electron chi connectivity index (χ0n) is 14.8. The first-order chi connectivity index (χ1) is 13.1. The van der Waals surface area contributed by atoms with Crippen molar-refractivity contribution in [1.82, 2.24) is 15.8 Å². The molecular weight excluding hydrogens is 364 g/mol. The number of halogens is 1. The van der Waals surface area contributed by atoms with Gasteiger partial charge in [0.1, 0.15) is 6.04 Å². The van der Waals surface area contributed by atoms with Crippen LogP contribution in [-0.4, -0.2) is 35.8 Å². The molecule has 2 aliphatic heterocycles. The van der Waals surface area contributed by atoms with Crippen molar-refractivity contribution in [3.05, 3.63) is 64.2 Å². The van der Waals surface area contributed by atoms with E-state index in [2.05, 4.69) is 16.2 Å². The number of fused-ring (bicyclic) bond motifs is 1. The SMILES string of the molecule is O=C(Nc1ccc2c(c1)CN(C(=O)C1CCNN1)CC2)c1ccccc1Cl. The Hall–Kier alpha value is -2.41. The molecule has 2 heterocycles. The van der Waals surface area contributed by atoms with Crippen molar-refractivity contribution >= 4 is 29.1 Å². The fraction of sp³-hybridized carbons (Fsp3) is 0.300. The van der Waals surface area contributed by atoms with Gasteiger partial charge in [0.15, 0.2) is 0 Å². The molecule has 0 aromatic heterocycles. The molecule has 7 heteroatoms. The molecule has 2 aromatic rings. The first kappa shape index (κ1) is 18.0. The third kappa shape index (κ3) is 3.83. The maximum absolute atomic E-state index is 12.6. The zero-order valence-corrected chi connectivity index (χ0v) is 15.6. The van der Waals surface area contributed by atoms with E-state index in [9.17, 15) is 9.59 Å². The third-order valence-corrected chi connectivity index (χ3v) is 5.37. The molecule has 0 radical (unpaired) electrons. The van der Waals surface area contributed by atoms with Crippen LogP contribution >= 0.6 is 11.6 Å². The van der Waals surface area contributed by atoms with Gasteiger partial charge in [-0.1, -0.05) is 29.8 Å². The van der Waals surface area contributed by atoms with Gasteiger partial charge in [0.2, 0.25) is 5.91 Å². The minimum atomic E-state index is -0.245. The lowest BCUT2D eigenvalue weighted by Gasteiger charge is -2.31. The Bertz CT molecular complexity index is 880. The minimum absolute atomic E-state index is 0.121. The first-order valence-electron chi connectivity index (χ1n) is 9.06. The second-order valence-electron chi connectivity index (χ2n) is 6.84. The van der Waals surface area contributed by atoms with Gasteiger partial charge in [-0.25, -0.2) is 5.43 Å². The van der Waals surface area contributed by atoms with E-state index in [4.69, 9.17) is 11.6 Å². The van der Waals surface area contributed by atoms with E-state index < -0.39 is 0 Å². The molecule has 0 spiro atoms. The van der Waals surface area contributed by atoms with Crippen molar-refractivity contribution in [2.24, 2.45) is 0 Å². The number of rotatable bonds is 3. The van der Waals surface area contributed by atoms with Crippen LogP contribution in [0.2, 0.25) is 5.02 Å². The molecule has 27 heavy (non-hydrogen) atoms. The van der Waals surface area contributed by atoms with Crippen molar-refractivity contribution in [2.75, 3.05) is 18.4 Å². The molecule has 1 fully saturated rings. The van der Waals surface area contributed by atoms with Crippen molar-refractivity contribution in [1.29, 1.82) is 0 Å². The second-order valence-corrected chi connectivity index (χ2v) is 7.25. The molecule has 1 saturated heterocycles. The van der Waals surface area contributed by atoms with Crippen LogP contribution in [0.4, 0.5) is 5.69 Å². The molecular formula is C20H21ClN4O2. The minimum Gasteiger partial charge on any atom is -0.337 e. The maximum Gasteiger partial charge on any atom is 0.257 e. The van der Waals surface area contributed by atoms with Crippen molar-refractivity contribution < 1.29 is 9.59 Å². The van der Waals surface area contributed by atoms with Crippen LogP contribution in [-0.2, 0) is 17.8 Å². The van der Waals surface area contributed by atoms with Crippen LogP contribution in [0.3, 0.4) is 0 Å². The van der Waals surface area contributed by atoms with Crippen LogP contribution in [0.25, 0.3) is 0 Å². The van der Waals surface area contributed by atoms with Gasteiger partial charge in [-0.15, -0.1) is 0 Å². The lowest BCUT2D eigenvalue weighted by atomic mass is 9.98. The average Bonchev–Trinajstić information content (AvgIpc) is 3.22. The Balaban J connectivity index is 1.48. The van der Waals surface area contributed by atoms with Gasteiger partial charge >= 0.3 is 0 Å². The van der Waals surface area contributed by atoms with Crippen LogP contribution in [0, 0.1) is 0 Å². The summed E-state index contributed by atoms with van der Waals surface area (Å²) >= 11 is 6.10. The topological polar surface area (TPSA) is 73.5 Å². The lowest BCUT2D eigenvalue weighted by Crippen LogP contribution is -2.47. The van der Waals surface area contributed by atoms with Crippen molar-refractivity contribution in [3.63, 3.8) is 0 Å². The van der Waals surface area contributed by atoms with Crippen LogP contribution in [0.15, 0.2) is 42.5 Å². The molecule has 0 saturated carbocycles. The number of amides is 2. The number of nitrogens with one attached hydrogen (secondary N) is 3. The van der Waals surface area contributed by atoms with Crippen molar-refractivity contribution in [2.45, 2.75) is 25.4 Å². The normalized spacial score (nSPS) is 18.9. The predicted octanol–water partition coefficient (Wildman–Crippen LogP) is 2.34. The molecule has 2 aliphatic rings. The Morgan fingerprint density at radius 3 is 2.78 bits per heavy atom. The maximum atomic E-state index is 12.6. The van der Waals surface area contributed by atoms with Gasteiger partial charge in [0.25, 0.3) is 5.91 Å². The number of anilines is 1. The van der Waals surface area contributed by atoms with Crippen LogP contribution < -0.4 is 16.2 Å². The monoisotopic (exact) mass is 384 g/mol. The Labute approximate surface area is 162 Å². The van der Waals surface area contributed by atoms with Crippen molar-refractivity contribution in [3.8, 4) is 0 Å². The fourth-order valence-corrected chi connectivity index (χ4v) is 3.78. The first-order valence-corrected chi connectivity index (χ1v) is 9.44. The number of hydrazine groups is 1. The summed E-state index contributed by atoms with van der Waals surface area (Å²) in [6, 6.07) is 12.7. The lowest BCUT2D eigenvalue weighted by molar-refractivity contribution is -0.134. The molecule has 140 valence electrons. The summed E-state index contributed by atoms with van der Waals surface area (Å²) in [5.41, 5.74) is 9.46. The summed E-state index contributed by atoms with van der Waals surface area (Å²) < 4.78 is 0. The van der Waals surface area contributed by atoms with E-state index in [1.165, 1.54) is 5.56 Å². The highest BCUT2D eigenvalue weighted by Gasteiger charge is 2.29. The van der Waals surface area contributed by atoms with E-state index in [0.29, 0.717) is 22.8 Å². The standard InChI is InChI=1S/C20H21ClN4O2/c21-17-4-2-1-3-16(17)19(26)23-15-6-5-13-8-10-25(12-14(13)11-15)20(27)18-7-9-22-24-18/h1-6,11,18,22,24H,7-10,12H2,(H,23,26). The van der Waals surface area contributed by atoms with E-state index in [0.717, 1.165) is 31.5 Å². The largest absolute Gasteiger partial charge is 0.337 e. The highest BCUT2D eigenvalue weighted by molar-refractivity contribution is 6.34. The number of benzene rings is 2. The number of hydrogen-bond acceptors (Lipinski definition) is 4. The van der Waals surface area contributed by atoms with E-state index >= 15 is 0 Å². The van der Waals surface area contributed by atoms with E-state index in [1.54, 1.807) is 24.3 Å². The number of nitrogens with zero attached hydrogens (tertiary/aromatic N) is 1. The van der Waals surface area contributed by atoms with E-state index in [1.807, 2.05) is 23.1 Å². The highest BCUT2D eigenvalue weighted by Crippen LogP contribution is 2.24. The van der Waals surface area contributed by atoms with Gasteiger partial charge in [-0.05, 0) is 48.2 Å². The average molecular weight is 385 g/mol. The van der Waals surface area contributed by atoms with Gasteiger partial charge < -0.3 is 10.2 Å². The second kappa shape index (κ2) is 7.68. The van der Waals surface area contributed by atoms with Gasteiger partial charge in [0, 0.05) is 25.3 Å². The van der Waals surface area contributed by atoms with Crippen LogP contribution in [0.1, 0.15) is 27.9 Å². The predicted molar refractivity (Wildman–Crippen MR) is 105 cm³/mol. The van der Waals surface area contributed by atoms with Crippen LogP contribution in [0.5, 0.6) is 0 Å². The molecule has 4 rings (SSSR count). The summed E-state index contributed by atoms with van der Waals surface area (Å²) in [6.07, 6.45) is 1.62. The molecule has 6 nitrogen and oxygen atoms in total. The Morgan fingerprint density at radius 2 is 2.00 bits per heavy atom. The molecule has 0 aliphatic carbocycles. The number of carbonyl (C=O) groups excluding carboxylic acids is 2. The van der Waals surface area contributed by atoms with Gasteiger partial charge in [0.05, 0.1) is 10.6 Å². The zero-order chi connectivity index (χ0) is 18.8. The fourth-order valence-electron chi connectivity index (χ4n) is 3.56. The summed E-state index contributed by atoms with van der Waals surface area (Å²) in [7, 11) is 0. The summed E-state index contributed by atoms with van der Waals surface area (Å²) in [5.74, 6) is -0.123. The third-order valence-electron chi connectivity index (χ3n) is 5.04. The molecule has 3 N–H and O–H groups in total. The Morgan fingerprint density at radius 1 is 1.15 bits per heavy atom. The number of hydrogen-bond donors (Lipinski definition) is 3. The molecule has 1 unspecified atom stereocenters. The molecule has 2 aromatic carbocycles. The van der Waals surface area contributed by atoms with Gasteiger partial charge in [-0.3, -0.25) is 15.0 Å². The van der Waals surface area contributed by atoms with Gasteiger partial charge in [-0.2, -0.15) is 0 Å². The molecule has 2 amide bonds. The number of carbonyl (C=O) groups is 2. The molecule has 1 atom stereocenters. The molecule has 0 bridgehead atoms. The summed E-state index contributed by atoms with van der Waals surface area (Å²) in [4.78, 5) is 27.0. The quantitative estimate of drug-likeness (QED) is 0.759. The smallest absolute Gasteiger partial charge is 0.257 e.